The first-order chi connectivity index (χ1) is 10.0. The minimum atomic E-state index is -0.944. The Hall–Kier alpha value is -1.18. The van der Waals surface area contributed by atoms with Gasteiger partial charge < -0.3 is 10.8 Å². The molecular formula is C14H27NO6. The molecule has 0 aromatic heterocycles. The van der Waals surface area contributed by atoms with Crippen LogP contribution in [0.2, 0.25) is 0 Å². The fourth-order valence-corrected chi connectivity index (χ4v) is 2.55. The second-order valence-corrected chi connectivity index (χ2v) is 5.26. The normalized spacial score (nSPS) is 13.8. The van der Waals surface area contributed by atoms with Gasteiger partial charge in [-0.2, -0.15) is 0 Å². The summed E-state index contributed by atoms with van der Waals surface area (Å²) in [6.45, 7) is 2.33. The number of carboxylic acids is 1. The number of carbonyl (C=O) groups is 2. The second kappa shape index (κ2) is 12.6. The maximum Gasteiger partial charge on any atom is 0.307 e. The largest absolute Gasteiger partial charge is 0.481 e. The third kappa shape index (κ3) is 10.2. The fraction of sp³-hybridized carbons (Fsp3) is 0.857. The molecule has 0 saturated carbocycles. The van der Waals surface area contributed by atoms with Crippen molar-refractivity contribution in [2.24, 2.45) is 17.6 Å². The van der Waals surface area contributed by atoms with Gasteiger partial charge in [0.15, 0.2) is 0 Å². The highest BCUT2D eigenvalue weighted by atomic mass is 17.5. The molecule has 0 radical (unpaired) electrons. The summed E-state index contributed by atoms with van der Waals surface area (Å²) >= 11 is 0. The van der Waals surface area contributed by atoms with Crippen LogP contribution in [0.25, 0.3) is 0 Å². The van der Waals surface area contributed by atoms with E-state index in [0.717, 1.165) is 44.9 Å². The van der Waals surface area contributed by atoms with Crippen LogP contribution in [0.5, 0.6) is 0 Å². The lowest BCUT2D eigenvalue weighted by molar-refractivity contribution is -0.490. The number of hydrogen-bond acceptors (Lipinski definition) is 5. The number of rotatable bonds is 14. The van der Waals surface area contributed by atoms with Gasteiger partial charge in [0.1, 0.15) is 0 Å². The Labute approximate surface area is 125 Å². The molecule has 0 aliphatic rings. The van der Waals surface area contributed by atoms with Crippen molar-refractivity contribution in [3.05, 3.63) is 0 Å². The molecule has 0 saturated heterocycles. The van der Waals surface area contributed by atoms with Gasteiger partial charge >= 0.3 is 5.97 Å². The first-order valence-corrected chi connectivity index (χ1v) is 7.47. The molecule has 0 aliphatic carbocycles. The van der Waals surface area contributed by atoms with Crippen LogP contribution in [0.3, 0.4) is 0 Å². The van der Waals surface area contributed by atoms with Crippen LogP contribution in [0.4, 0.5) is 0 Å². The summed E-state index contributed by atoms with van der Waals surface area (Å²) in [5.74, 6) is -2.21. The molecule has 0 heterocycles. The van der Waals surface area contributed by atoms with Gasteiger partial charge in [0.2, 0.25) is 5.91 Å². The van der Waals surface area contributed by atoms with E-state index >= 15 is 0 Å². The third-order valence-corrected chi connectivity index (χ3v) is 3.57. The summed E-state index contributed by atoms with van der Waals surface area (Å²) in [5, 5.41) is 20.7. The number of carboxylic acid groups (broad SMARTS) is 1. The van der Waals surface area contributed by atoms with Crippen molar-refractivity contribution in [2.45, 2.75) is 58.3 Å². The number of nitrogens with two attached hydrogens (primary N) is 1. The van der Waals surface area contributed by atoms with Crippen LogP contribution in [0.15, 0.2) is 0 Å². The van der Waals surface area contributed by atoms with Crippen LogP contribution in [0, 0.1) is 11.8 Å². The summed E-state index contributed by atoms with van der Waals surface area (Å²) in [6, 6.07) is 0. The molecule has 0 fully saturated rings. The smallest absolute Gasteiger partial charge is 0.307 e. The van der Waals surface area contributed by atoms with E-state index in [2.05, 4.69) is 9.93 Å². The van der Waals surface area contributed by atoms with Gasteiger partial charge in [0.05, 0.1) is 12.5 Å². The standard InChI is InChI=1S/C14H27NO6/c1-2-7-11(12(14(17)18)10-13(15)16)8-5-3-4-6-9-20-21-19/h11-12,19H,2-10H2,1H3,(H2,15,16)(H,17,18). The van der Waals surface area contributed by atoms with Crippen molar-refractivity contribution < 1.29 is 29.9 Å². The van der Waals surface area contributed by atoms with Gasteiger partial charge in [-0.15, -0.1) is 0 Å². The van der Waals surface area contributed by atoms with Crippen molar-refractivity contribution in [1.29, 1.82) is 0 Å². The van der Waals surface area contributed by atoms with E-state index in [4.69, 9.17) is 11.0 Å². The van der Waals surface area contributed by atoms with Crippen LogP contribution in [-0.4, -0.2) is 28.8 Å². The lowest BCUT2D eigenvalue weighted by Gasteiger charge is -2.22. The molecule has 0 bridgehead atoms. The molecule has 7 heteroatoms. The Morgan fingerprint density at radius 3 is 2.33 bits per heavy atom. The summed E-state index contributed by atoms with van der Waals surface area (Å²) in [5.41, 5.74) is 5.14. The summed E-state index contributed by atoms with van der Waals surface area (Å²) < 4.78 is 0. The Kier molecular flexibility index (Phi) is 11.8. The van der Waals surface area contributed by atoms with Crippen LogP contribution in [0.1, 0.15) is 58.3 Å². The highest BCUT2D eigenvalue weighted by Gasteiger charge is 2.28. The topological polar surface area (TPSA) is 119 Å². The molecule has 1 amide bonds. The van der Waals surface area contributed by atoms with E-state index in [-0.39, 0.29) is 12.3 Å². The van der Waals surface area contributed by atoms with E-state index in [1.54, 1.807) is 0 Å². The highest BCUT2D eigenvalue weighted by Crippen LogP contribution is 2.27. The zero-order chi connectivity index (χ0) is 16.1. The van der Waals surface area contributed by atoms with E-state index < -0.39 is 17.8 Å². The Morgan fingerprint density at radius 1 is 1.14 bits per heavy atom. The molecule has 0 spiro atoms. The molecular weight excluding hydrogens is 278 g/mol. The van der Waals surface area contributed by atoms with Crippen molar-refractivity contribution in [3.63, 3.8) is 0 Å². The van der Waals surface area contributed by atoms with Crippen molar-refractivity contribution in [1.82, 2.24) is 0 Å². The number of unbranched alkanes of at least 4 members (excludes halogenated alkanes) is 3. The van der Waals surface area contributed by atoms with Gasteiger partial charge in [0, 0.05) is 6.42 Å². The van der Waals surface area contributed by atoms with E-state index in [0.29, 0.717) is 6.61 Å². The average molecular weight is 305 g/mol. The molecule has 4 N–H and O–H groups in total. The van der Waals surface area contributed by atoms with Crippen LogP contribution >= 0.6 is 0 Å². The van der Waals surface area contributed by atoms with Gasteiger partial charge in [-0.3, -0.25) is 9.59 Å². The predicted octanol–water partition coefficient (Wildman–Crippen LogP) is 2.35. The summed E-state index contributed by atoms with van der Waals surface area (Å²) in [6.07, 6.45) is 5.86. The Bertz CT molecular complexity index is 297. The van der Waals surface area contributed by atoms with Gasteiger partial charge in [-0.25, -0.2) is 10.1 Å². The number of aliphatic carboxylic acids is 1. The highest BCUT2D eigenvalue weighted by molar-refractivity contribution is 5.81. The lowest BCUT2D eigenvalue weighted by Crippen LogP contribution is -2.29. The van der Waals surface area contributed by atoms with Crippen molar-refractivity contribution >= 4 is 11.9 Å². The number of hydrogen-bond donors (Lipinski definition) is 3. The molecule has 2 atom stereocenters. The fourth-order valence-electron chi connectivity index (χ4n) is 2.55. The number of carbonyl (C=O) groups excluding carboxylic acids is 1. The van der Waals surface area contributed by atoms with Crippen molar-refractivity contribution in [3.8, 4) is 0 Å². The van der Waals surface area contributed by atoms with Gasteiger partial charge in [0.25, 0.3) is 0 Å². The SMILES string of the molecule is CCCC(CCCCCCOOO)C(CC(N)=O)C(=O)O. The predicted molar refractivity (Wildman–Crippen MR) is 76.1 cm³/mol. The van der Waals surface area contributed by atoms with E-state index in [1.807, 2.05) is 6.92 Å². The number of amides is 1. The van der Waals surface area contributed by atoms with Crippen molar-refractivity contribution in [2.75, 3.05) is 6.61 Å². The Morgan fingerprint density at radius 2 is 1.81 bits per heavy atom. The molecule has 0 aliphatic heterocycles. The molecule has 21 heavy (non-hydrogen) atoms. The molecule has 0 aromatic rings. The maximum atomic E-state index is 11.3. The molecule has 0 rings (SSSR count). The van der Waals surface area contributed by atoms with Gasteiger partial charge in [-0.1, -0.05) is 37.6 Å². The van der Waals surface area contributed by atoms with E-state index in [9.17, 15) is 14.7 Å². The third-order valence-electron chi connectivity index (χ3n) is 3.57. The number of primary amides is 1. The zero-order valence-corrected chi connectivity index (χ0v) is 12.6. The molecule has 2 unspecified atom stereocenters. The van der Waals surface area contributed by atoms with Crippen LogP contribution in [-0.2, 0) is 19.5 Å². The summed E-state index contributed by atoms with van der Waals surface area (Å²) in [4.78, 5) is 26.6. The summed E-state index contributed by atoms with van der Waals surface area (Å²) in [7, 11) is 0. The quantitative estimate of drug-likeness (QED) is 0.257. The van der Waals surface area contributed by atoms with E-state index in [1.165, 1.54) is 0 Å². The first kappa shape index (κ1) is 19.8. The maximum absolute atomic E-state index is 11.3. The first-order valence-electron chi connectivity index (χ1n) is 7.47. The minimum Gasteiger partial charge on any atom is -0.481 e. The van der Waals surface area contributed by atoms with Gasteiger partial charge in [-0.05, 0) is 25.2 Å². The molecule has 7 nitrogen and oxygen atoms in total. The second-order valence-electron chi connectivity index (χ2n) is 5.26. The van der Waals surface area contributed by atoms with Crippen LogP contribution < -0.4 is 5.73 Å². The molecule has 0 aromatic carbocycles. The average Bonchev–Trinajstić information content (AvgIpc) is 2.42. The molecule has 124 valence electrons. The minimum absolute atomic E-state index is 0.0166. The monoisotopic (exact) mass is 305 g/mol. The lowest BCUT2D eigenvalue weighted by atomic mass is 9.82. The Balaban J connectivity index is 4.14. The zero-order valence-electron chi connectivity index (χ0n) is 12.6.